The van der Waals surface area contributed by atoms with E-state index >= 15 is 0 Å². The molecule has 110 valence electrons. The number of ether oxygens (including phenoxy) is 1. The highest BCUT2D eigenvalue weighted by molar-refractivity contribution is 5.46. The zero-order chi connectivity index (χ0) is 14.9. The lowest BCUT2D eigenvalue weighted by molar-refractivity contribution is 0.212. The zero-order valence-corrected chi connectivity index (χ0v) is 12.4. The Balaban J connectivity index is 1.54. The fourth-order valence-electron chi connectivity index (χ4n) is 3.68. The van der Waals surface area contributed by atoms with Crippen LogP contribution in [0.1, 0.15) is 22.6 Å². The monoisotopic (exact) mass is 290 g/mol. The number of nitrogens with zero attached hydrogens (tertiary/aromatic N) is 2. The maximum absolute atomic E-state index is 9.02. The Morgan fingerprint density at radius 2 is 2.00 bits per heavy atom. The van der Waals surface area contributed by atoms with Crippen LogP contribution in [0.25, 0.3) is 0 Å². The van der Waals surface area contributed by atoms with E-state index in [4.69, 9.17) is 10.00 Å². The van der Waals surface area contributed by atoms with Crippen molar-refractivity contribution in [2.75, 3.05) is 19.7 Å². The number of nitriles is 1. The van der Waals surface area contributed by atoms with E-state index in [1.54, 1.807) is 0 Å². The van der Waals surface area contributed by atoms with Gasteiger partial charge in [0, 0.05) is 31.5 Å². The van der Waals surface area contributed by atoms with Gasteiger partial charge in [-0.3, -0.25) is 4.90 Å². The fourth-order valence-corrected chi connectivity index (χ4v) is 3.68. The van der Waals surface area contributed by atoms with Gasteiger partial charge >= 0.3 is 0 Å². The first-order valence-electron chi connectivity index (χ1n) is 7.76. The second kappa shape index (κ2) is 5.47. The predicted molar refractivity (Wildman–Crippen MR) is 84.6 cm³/mol. The highest BCUT2D eigenvalue weighted by Gasteiger charge is 2.38. The molecule has 0 radical (unpaired) electrons. The Labute approximate surface area is 130 Å². The van der Waals surface area contributed by atoms with E-state index in [0.717, 1.165) is 32.0 Å². The minimum absolute atomic E-state index is 0.528. The van der Waals surface area contributed by atoms with Crippen molar-refractivity contribution in [1.82, 2.24) is 4.90 Å². The molecule has 2 heterocycles. The molecule has 0 aliphatic carbocycles. The van der Waals surface area contributed by atoms with Gasteiger partial charge in [0.15, 0.2) is 0 Å². The van der Waals surface area contributed by atoms with Crippen LogP contribution in [0.2, 0.25) is 0 Å². The fraction of sp³-hybridized carbons (Fsp3) is 0.316. The number of likely N-dealkylation sites (tertiary alicyclic amines) is 1. The number of benzene rings is 2. The molecule has 2 atom stereocenters. The van der Waals surface area contributed by atoms with Gasteiger partial charge in [-0.15, -0.1) is 0 Å². The molecule has 0 aromatic heterocycles. The maximum Gasteiger partial charge on any atom is 0.124 e. The van der Waals surface area contributed by atoms with Gasteiger partial charge < -0.3 is 4.74 Å². The van der Waals surface area contributed by atoms with Gasteiger partial charge in [0.05, 0.1) is 18.2 Å². The van der Waals surface area contributed by atoms with Crippen LogP contribution in [0, 0.1) is 17.2 Å². The quantitative estimate of drug-likeness (QED) is 0.852. The first-order valence-corrected chi connectivity index (χ1v) is 7.76. The summed E-state index contributed by atoms with van der Waals surface area (Å²) in [5.41, 5.74) is 3.31. The highest BCUT2D eigenvalue weighted by Crippen LogP contribution is 2.42. The van der Waals surface area contributed by atoms with E-state index in [-0.39, 0.29) is 0 Å². The van der Waals surface area contributed by atoms with E-state index < -0.39 is 0 Å². The summed E-state index contributed by atoms with van der Waals surface area (Å²) in [6, 6.07) is 18.7. The third kappa shape index (κ3) is 2.36. The van der Waals surface area contributed by atoms with Crippen molar-refractivity contribution in [3.63, 3.8) is 0 Å². The van der Waals surface area contributed by atoms with Crippen molar-refractivity contribution in [1.29, 1.82) is 5.26 Å². The second-order valence-corrected chi connectivity index (χ2v) is 6.22. The van der Waals surface area contributed by atoms with Crippen LogP contribution in [0.4, 0.5) is 0 Å². The topological polar surface area (TPSA) is 36.3 Å². The molecule has 2 aliphatic rings. The van der Waals surface area contributed by atoms with Crippen molar-refractivity contribution in [3.05, 3.63) is 65.2 Å². The lowest BCUT2D eigenvalue weighted by atomic mass is 9.86. The van der Waals surface area contributed by atoms with E-state index in [1.807, 2.05) is 12.1 Å². The van der Waals surface area contributed by atoms with Crippen LogP contribution < -0.4 is 4.74 Å². The number of fused-ring (bicyclic) bond motifs is 3. The molecule has 3 nitrogen and oxygen atoms in total. The predicted octanol–water partition coefficient (Wildman–Crippen LogP) is 3.17. The SMILES string of the molecule is N#Cc1ccc2c(c1)OC[C@H]1CN(Cc3ccccc3)C[C@@H]21. The molecule has 2 aromatic carbocycles. The third-order valence-corrected chi connectivity index (χ3v) is 4.76. The third-order valence-electron chi connectivity index (χ3n) is 4.76. The molecule has 0 N–H and O–H groups in total. The molecule has 0 amide bonds. The summed E-state index contributed by atoms with van der Waals surface area (Å²) in [5, 5.41) is 9.02. The summed E-state index contributed by atoms with van der Waals surface area (Å²) < 4.78 is 5.90. The molecule has 4 rings (SSSR count). The van der Waals surface area contributed by atoms with Gasteiger partial charge in [-0.1, -0.05) is 36.4 Å². The normalized spacial score (nSPS) is 23.2. The summed E-state index contributed by atoms with van der Waals surface area (Å²) in [6.07, 6.45) is 0. The van der Waals surface area contributed by atoms with Gasteiger partial charge in [-0.2, -0.15) is 5.26 Å². The lowest BCUT2D eigenvalue weighted by Gasteiger charge is -2.27. The Bertz CT molecular complexity index is 720. The van der Waals surface area contributed by atoms with Crippen LogP contribution in [-0.4, -0.2) is 24.6 Å². The highest BCUT2D eigenvalue weighted by atomic mass is 16.5. The molecular weight excluding hydrogens is 272 g/mol. The van der Waals surface area contributed by atoms with Crippen molar-refractivity contribution < 1.29 is 4.74 Å². The summed E-state index contributed by atoms with van der Waals surface area (Å²) >= 11 is 0. The van der Waals surface area contributed by atoms with Crippen LogP contribution >= 0.6 is 0 Å². The van der Waals surface area contributed by atoms with Crippen molar-refractivity contribution in [3.8, 4) is 11.8 Å². The standard InChI is InChI=1S/C19H18N2O/c20-9-15-6-7-17-18-12-21(10-14-4-2-1-3-5-14)11-16(18)13-22-19(17)8-15/h1-8,16,18H,10-13H2/t16-,18-/m1/s1. The van der Waals surface area contributed by atoms with E-state index in [2.05, 4.69) is 47.4 Å². The minimum Gasteiger partial charge on any atom is -0.493 e. The Morgan fingerprint density at radius 1 is 1.14 bits per heavy atom. The Hall–Kier alpha value is -2.31. The average Bonchev–Trinajstić information content (AvgIpc) is 2.98. The summed E-state index contributed by atoms with van der Waals surface area (Å²) in [7, 11) is 0. The minimum atomic E-state index is 0.528. The summed E-state index contributed by atoms with van der Waals surface area (Å²) in [4.78, 5) is 2.52. The van der Waals surface area contributed by atoms with Crippen molar-refractivity contribution >= 4 is 0 Å². The zero-order valence-electron chi connectivity index (χ0n) is 12.4. The van der Waals surface area contributed by atoms with E-state index in [1.165, 1.54) is 11.1 Å². The van der Waals surface area contributed by atoms with Gasteiger partial charge in [0.1, 0.15) is 5.75 Å². The molecule has 0 unspecified atom stereocenters. The number of rotatable bonds is 2. The van der Waals surface area contributed by atoms with E-state index in [9.17, 15) is 0 Å². The van der Waals surface area contributed by atoms with Gasteiger partial charge in [-0.25, -0.2) is 0 Å². The summed E-state index contributed by atoms with van der Waals surface area (Å²) in [6.45, 7) is 3.91. The number of hydrogen-bond donors (Lipinski definition) is 0. The van der Waals surface area contributed by atoms with Crippen LogP contribution in [-0.2, 0) is 6.54 Å². The molecular formula is C19H18N2O. The Kier molecular flexibility index (Phi) is 3.32. The van der Waals surface area contributed by atoms with Crippen molar-refractivity contribution in [2.45, 2.75) is 12.5 Å². The Morgan fingerprint density at radius 3 is 2.82 bits per heavy atom. The van der Waals surface area contributed by atoms with Crippen LogP contribution in [0.5, 0.6) is 5.75 Å². The van der Waals surface area contributed by atoms with Gasteiger partial charge in [0.25, 0.3) is 0 Å². The van der Waals surface area contributed by atoms with Gasteiger partial charge in [-0.05, 0) is 23.3 Å². The molecule has 0 bridgehead atoms. The van der Waals surface area contributed by atoms with Gasteiger partial charge in [0.2, 0.25) is 0 Å². The first kappa shape index (κ1) is 13.4. The molecule has 1 saturated heterocycles. The summed E-state index contributed by atoms with van der Waals surface area (Å²) in [5.74, 6) is 1.99. The van der Waals surface area contributed by atoms with Crippen LogP contribution in [0.15, 0.2) is 48.5 Å². The molecule has 1 fully saturated rings. The van der Waals surface area contributed by atoms with Crippen LogP contribution in [0.3, 0.4) is 0 Å². The van der Waals surface area contributed by atoms with E-state index in [0.29, 0.717) is 17.4 Å². The van der Waals surface area contributed by atoms with Crippen molar-refractivity contribution in [2.24, 2.45) is 5.92 Å². The lowest BCUT2D eigenvalue weighted by Crippen LogP contribution is -2.25. The average molecular weight is 290 g/mol. The largest absolute Gasteiger partial charge is 0.493 e. The second-order valence-electron chi connectivity index (χ2n) is 6.22. The molecule has 0 spiro atoms. The first-order chi connectivity index (χ1) is 10.8. The molecule has 2 aromatic rings. The molecule has 22 heavy (non-hydrogen) atoms. The molecule has 3 heteroatoms. The smallest absolute Gasteiger partial charge is 0.124 e. The molecule has 2 aliphatic heterocycles. The number of hydrogen-bond acceptors (Lipinski definition) is 3. The molecule has 0 saturated carbocycles. The maximum atomic E-state index is 9.02.